The van der Waals surface area contributed by atoms with E-state index < -0.39 is 11.8 Å². The zero-order chi connectivity index (χ0) is 24.5. The summed E-state index contributed by atoms with van der Waals surface area (Å²) in [5, 5.41) is 20.3. The second-order valence-corrected chi connectivity index (χ2v) is 7.81. The van der Waals surface area contributed by atoms with Crippen molar-refractivity contribution in [3.63, 3.8) is 0 Å². The molecule has 8 nitrogen and oxygen atoms in total. The molecule has 0 spiro atoms. The van der Waals surface area contributed by atoms with Crippen LogP contribution in [0.5, 0.6) is 0 Å². The Kier molecular flexibility index (Phi) is 8.12. The quantitative estimate of drug-likeness (QED) is 0.167. The van der Waals surface area contributed by atoms with Crippen LogP contribution in [-0.4, -0.2) is 35.3 Å². The number of nitrogen functional groups attached to an aromatic ring is 1. The third-order valence-corrected chi connectivity index (χ3v) is 5.52. The molecule has 0 fully saturated rings. The van der Waals surface area contributed by atoms with Crippen LogP contribution in [0.15, 0.2) is 78.9 Å². The smallest absolute Gasteiger partial charge is 0.290 e. The van der Waals surface area contributed by atoms with Crippen LogP contribution in [0.25, 0.3) is 0 Å². The van der Waals surface area contributed by atoms with Gasteiger partial charge in [0.05, 0.1) is 0 Å². The van der Waals surface area contributed by atoms with Gasteiger partial charge in [-0.05, 0) is 53.8 Å². The van der Waals surface area contributed by atoms with E-state index in [2.05, 4.69) is 22.8 Å². The number of nitrogens with two attached hydrogens (primary N) is 1. The van der Waals surface area contributed by atoms with E-state index in [1.165, 1.54) is 11.1 Å². The molecule has 2 amide bonds. The number of benzene rings is 3. The molecule has 34 heavy (non-hydrogen) atoms. The molecule has 4 rings (SSSR count). The molecule has 3 aromatic rings. The number of carbonyl (C=O) groups is 3. The zero-order valence-corrected chi connectivity index (χ0v) is 18.4. The fourth-order valence-electron chi connectivity index (χ4n) is 3.96. The van der Waals surface area contributed by atoms with Gasteiger partial charge >= 0.3 is 0 Å². The highest BCUT2D eigenvalue weighted by Crippen LogP contribution is 2.24. The molecule has 1 aliphatic rings. The van der Waals surface area contributed by atoms with Crippen molar-refractivity contribution in [3.8, 4) is 0 Å². The highest BCUT2D eigenvalue weighted by atomic mass is 16.3. The summed E-state index contributed by atoms with van der Waals surface area (Å²) in [5.41, 5.74) is 9.69. The Labute approximate surface area is 197 Å². The van der Waals surface area contributed by atoms with Gasteiger partial charge < -0.3 is 21.5 Å². The van der Waals surface area contributed by atoms with Gasteiger partial charge in [0.25, 0.3) is 6.47 Å². The van der Waals surface area contributed by atoms with Crippen molar-refractivity contribution in [1.29, 1.82) is 5.41 Å². The summed E-state index contributed by atoms with van der Waals surface area (Å²) >= 11 is 0. The van der Waals surface area contributed by atoms with E-state index in [1.807, 2.05) is 30.3 Å². The first-order valence-corrected chi connectivity index (χ1v) is 10.7. The van der Waals surface area contributed by atoms with E-state index in [0.717, 1.165) is 12.8 Å². The average molecular weight is 459 g/mol. The van der Waals surface area contributed by atoms with Gasteiger partial charge in [-0.15, -0.1) is 0 Å². The van der Waals surface area contributed by atoms with Crippen LogP contribution in [0, 0.1) is 5.41 Å². The lowest BCUT2D eigenvalue weighted by Crippen LogP contribution is -2.42. The van der Waals surface area contributed by atoms with E-state index in [0.29, 0.717) is 16.8 Å². The normalized spacial score (nSPS) is 12.9. The summed E-state index contributed by atoms with van der Waals surface area (Å²) in [6.45, 7) is -0.250. The summed E-state index contributed by atoms with van der Waals surface area (Å²) in [7, 11) is 0. The molecule has 0 radical (unpaired) electrons. The number of rotatable bonds is 6. The van der Waals surface area contributed by atoms with Gasteiger partial charge in [-0.25, -0.2) is 0 Å². The number of carbonyl (C=O) groups excluding carboxylic acids is 2. The van der Waals surface area contributed by atoms with Crippen molar-refractivity contribution >= 4 is 29.8 Å². The number of hydrogen-bond donors (Lipinski definition) is 5. The van der Waals surface area contributed by atoms with Crippen LogP contribution in [0.1, 0.15) is 28.2 Å². The van der Waals surface area contributed by atoms with E-state index in [1.54, 1.807) is 36.4 Å². The van der Waals surface area contributed by atoms with Crippen molar-refractivity contribution in [3.05, 3.63) is 101 Å². The standard InChI is InChI=1S/C25H24N4O2.CH2O2/c26-23(27)17-10-12-20(13-11-17)28-24(30)22(16-6-2-1-3-7-16)25(31)29-21-14-18-8-4-5-9-19(18)15-21;2-1-3/h1-13,21-22H,14-15H2,(H3,26,27)(H,28,30)(H,29,31);1H,(H,2,3). The predicted molar refractivity (Wildman–Crippen MR) is 130 cm³/mol. The summed E-state index contributed by atoms with van der Waals surface area (Å²) < 4.78 is 0. The van der Waals surface area contributed by atoms with E-state index in [4.69, 9.17) is 21.0 Å². The lowest BCUT2D eigenvalue weighted by molar-refractivity contribution is -0.129. The van der Waals surface area contributed by atoms with Crippen LogP contribution in [0.2, 0.25) is 0 Å². The zero-order valence-electron chi connectivity index (χ0n) is 18.4. The molecular weight excluding hydrogens is 432 g/mol. The molecule has 1 aliphatic carbocycles. The molecule has 1 atom stereocenters. The van der Waals surface area contributed by atoms with Gasteiger partial charge in [0, 0.05) is 17.3 Å². The van der Waals surface area contributed by atoms with Crippen LogP contribution < -0.4 is 16.4 Å². The minimum Gasteiger partial charge on any atom is -0.483 e. The summed E-state index contributed by atoms with van der Waals surface area (Å²) in [6, 6.07) is 23.8. The maximum Gasteiger partial charge on any atom is 0.290 e. The third-order valence-electron chi connectivity index (χ3n) is 5.52. The fraction of sp³-hybridized carbons (Fsp3) is 0.154. The molecular formula is C26H26N4O4. The minimum atomic E-state index is -0.975. The molecule has 0 heterocycles. The topological polar surface area (TPSA) is 145 Å². The number of amides is 2. The lowest BCUT2D eigenvalue weighted by atomic mass is 9.96. The Bertz CT molecular complexity index is 1140. The number of carboxylic acid groups (broad SMARTS) is 1. The molecule has 174 valence electrons. The molecule has 0 bridgehead atoms. The molecule has 8 heteroatoms. The Morgan fingerprint density at radius 2 is 1.44 bits per heavy atom. The molecule has 3 aromatic carbocycles. The summed E-state index contributed by atoms with van der Waals surface area (Å²) in [5.74, 6) is -1.74. The monoisotopic (exact) mass is 458 g/mol. The first-order valence-electron chi connectivity index (χ1n) is 10.7. The maximum atomic E-state index is 13.2. The fourth-order valence-corrected chi connectivity index (χ4v) is 3.96. The first kappa shape index (κ1) is 24.2. The number of anilines is 1. The summed E-state index contributed by atoms with van der Waals surface area (Å²) in [6.07, 6.45) is 1.52. The van der Waals surface area contributed by atoms with Crippen LogP contribution in [0.3, 0.4) is 0 Å². The van der Waals surface area contributed by atoms with Crippen LogP contribution in [-0.2, 0) is 27.2 Å². The lowest BCUT2D eigenvalue weighted by Gasteiger charge is -2.20. The third kappa shape index (κ3) is 6.07. The van der Waals surface area contributed by atoms with Gasteiger partial charge in [-0.2, -0.15) is 0 Å². The number of fused-ring (bicyclic) bond motifs is 1. The average Bonchev–Trinajstić information content (AvgIpc) is 3.23. The Morgan fingerprint density at radius 1 is 0.912 bits per heavy atom. The number of amidine groups is 1. The van der Waals surface area contributed by atoms with E-state index >= 15 is 0 Å². The van der Waals surface area contributed by atoms with E-state index in [9.17, 15) is 9.59 Å². The number of hydrogen-bond acceptors (Lipinski definition) is 4. The van der Waals surface area contributed by atoms with Crippen molar-refractivity contribution in [1.82, 2.24) is 5.32 Å². The summed E-state index contributed by atoms with van der Waals surface area (Å²) in [4.78, 5) is 34.7. The molecule has 0 saturated carbocycles. The predicted octanol–water partition coefficient (Wildman–Crippen LogP) is 2.68. The largest absolute Gasteiger partial charge is 0.483 e. The van der Waals surface area contributed by atoms with Crippen molar-refractivity contribution in [2.75, 3.05) is 5.32 Å². The molecule has 6 N–H and O–H groups in total. The van der Waals surface area contributed by atoms with Gasteiger partial charge in [0.2, 0.25) is 11.8 Å². The van der Waals surface area contributed by atoms with Gasteiger partial charge in [-0.1, -0.05) is 54.6 Å². The maximum absolute atomic E-state index is 13.2. The van der Waals surface area contributed by atoms with Gasteiger partial charge in [0.1, 0.15) is 11.8 Å². The second kappa shape index (κ2) is 11.4. The van der Waals surface area contributed by atoms with E-state index in [-0.39, 0.29) is 24.3 Å². The Hall–Kier alpha value is -4.46. The molecule has 1 unspecified atom stereocenters. The van der Waals surface area contributed by atoms with Gasteiger partial charge in [-0.3, -0.25) is 19.8 Å². The number of nitrogens with one attached hydrogen (secondary N) is 3. The van der Waals surface area contributed by atoms with Crippen molar-refractivity contribution in [2.45, 2.75) is 24.8 Å². The second-order valence-electron chi connectivity index (χ2n) is 7.81. The first-order chi connectivity index (χ1) is 16.4. The highest BCUT2D eigenvalue weighted by molar-refractivity contribution is 6.11. The molecule has 0 aliphatic heterocycles. The minimum absolute atomic E-state index is 0.0289. The highest BCUT2D eigenvalue weighted by Gasteiger charge is 2.31. The Morgan fingerprint density at radius 3 is 1.97 bits per heavy atom. The molecule has 0 aromatic heterocycles. The molecule has 0 saturated heterocycles. The van der Waals surface area contributed by atoms with Crippen LogP contribution >= 0.6 is 0 Å². The van der Waals surface area contributed by atoms with Crippen LogP contribution in [0.4, 0.5) is 5.69 Å². The van der Waals surface area contributed by atoms with Gasteiger partial charge in [0.15, 0.2) is 0 Å². The van der Waals surface area contributed by atoms with Crippen molar-refractivity contribution < 1.29 is 19.5 Å². The van der Waals surface area contributed by atoms with Crippen molar-refractivity contribution in [2.24, 2.45) is 5.73 Å². The SMILES string of the molecule is N=C(N)c1ccc(NC(=O)C(C(=O)NC2Cc3ccccc3C2)c2ccccc2)cc1.O=CO. The Balaban J connectivity index is 0.00000103.